The molecule has 0 spiro atoms. The van der Waals surface area contributed by atoms with E-state index in [0.717, 1.165) is 38.5 Å². The zero-order valence-electron chi connectivity index (χ0n) is 13.2. The van der Waals surface area contributed by atoms with Crippen molar-refractivity contribution in [1.82, 2.24) is 0 Å². The molecule has 1 unspecified atom stereocenters. The fourth-order valence-corrected chi connectivity index (χ4v) is 4.11. The molecule has 0 fully saturated rings. The summed E-state index contributed by atoms with van der Waals surface area (Å²) in [4.78, 5) is 0. The van der Waals surface area contributed by atoms with Crippen molar-refractivity contribution in [2.24, 2.45) is 0 Å². The average Bonchev–Trinajstić information content (AvgIpc) is 2.23. The third kappa shape index (κ3) is 18.0. The van der Waals surface area contributed by atoms with Gasteiger partial charge in [0.2, 0.25) is 0 Å². The Kier molecular flexibility index (Phi) is 18.7. The monoisotopic (exact) mass is 360 g/mol. The predicted octanol–water partition coefficient (Wildman–Crippen LogP) is -4.41. The largest absolute Gasteiger partial charge is 1.00 e. The molecule has 1 atom stereocenters. The van der Waals surface area contributed by atoms with Crippen molar-refractivity contribution in [2.75, 3.05) is 5.75 Å². The van der Waals surface area contributed by atoms with E-state index in [9.17, 15) is 25.9 Å². The van der Waals surface area contributed by atoms with E-state index in [1.54, 1.807) is 0 Å². The zero-order valence-corrected chi connectivity index (χ0v) is 18.8. The van der Waals surface area contributed by atoms with Gasteiger partial charge in [0.25, 0.3) is 0 Å². The number of unbranched alkanes of at least 4 members (excludes halogenated alkanes) is 6. The van der Waals surface area contributed by atoms with Gasteiger partial charge in [0.1, 0.15) is 0 Å². The molecule has 0 saturated heterocycles. The molecular weight excluding hydrogens is 338 g/mol. The molecule has 0 aromatic rings. The molecule has 0 rings (SSSR count). The molecule has 21 heavy (non-hydrogen) atoms. The molecule has 0 aromatic heterocycles. The van der Waals surface area contributed by atoms with Crippen LogP contribution in [0.25, 0.3) is 0 Å². The Balaban J connectivity index is -0.00000162. The zero-order chi connectivity index (χ0) is 14.9. The third-order valence-electron chi connectivity index (χ3n) is 2.93. The molecule has 0 heterocycles. The SMILES string of the molecule is CCCCCCCCCC(CS(=O)(=O)[O-])S(=O)(=O)[O-].[Na+].[Na+]. The molecule has 0 aliphatic rings. The Labute approximate surface area is 172 Å². The predicted molar refractivity (Wildman–Crippen MR) is 70.7 cm³/mol. The van der Waals surface area contributed by atoms with E-state index in [-0.39, 0.29) is 65.5 Å². The molecule has 0 radical (unpaired) electrons. The van der Waals surface area contributed by atoms with Gasteiger partial charge < -0.3 is 9.11 Å². The molecule has 0 saturated carbocycles. The van der Waals surface area contributed by atoms with Gasteiger partial charge in [-0.15, -0.1) is 0 Å². The van der Waals surface area contributed by atoms with Crippen molar-refractivity contribution in [1.29, 1.82) is 0 Å². The van der Waals surface area contributed by atoms with Crippen LogP contribution in [0, 0.1) is 0 Å². The third-order valence-corrected chi connectivity index (χ3v) is 5.17. The van der Waals surface area contributed by atoms with E-state index >= 15 is 0 Å². The molecule has 6 nitrogen and oxygen atoms in total. The molecule has 116 valence electrons. The minimum Gasteiger partial charge on any atom is -0.748 e. The maximum atomic E-state index is 10.9. The van der Waals surface area contributed by atoms with Gasteiger partial charge in [-0.2, -0.15) is 0 Å². The second kappa shape index (κ2) is 14.2. The van der Waals surface area contributed by atoms with E-state index in [4.69, 9.17) is 0 Å². The summed E-state index contributed by atoms with van der Waals surface area (Å²) in [6.45, 7) is 2.10. The van der Waals surface area contributed by atoms with Crippen LogP contribution in [0.1, 0.15) is 58.3 Å². The van der Waals surface area contributed by atoms with Crippen LogP contribution in [0.15, 0.2) is 0 Å². The first-order chi connectivity index (χ1) is 8.67. The van der Waals surface area contributed by atoms with E-state index in [2.05, 4.69) is 6.92 Å². The van der Waals surface area contributed by atoms with Gasteiger partial charge in [0.15, 0.2) is 0 Å². The van der Waals surface area contributed by atoms with Crippen molar-refractivity contribution in [3.05, 3.63) is 0 Å². The van der Waals surface area contributed by atoms with Crippen LogP contribution in [-0.2, 0) is 20.2 Å². The normalized spacial score (nSPS) is 13.1. The number of hydrogen-bond acceptors (Lipinski definition) is 6. The molecule has 0 amide bonds. The summed E-state index contributed by atoms with van der Waals surface area (Å²) in [7, 11) is -9.42. The summed E-state index contributed by atoms with van der Waals surface area (Å²) in [5.74, 6) is -1.12. The Morgan fingerprint density at radius 1 is 0.810 bits per heavy atom. The van der Waals surface area contributed by atoms with Crippen LogP contribution in [0.2, 0.25) is 0 Å². The van der Waals surface area contributed by atoms with E-state index in [1.807, 2.05) is 0 Å². The Morgan fingerprint density at radius 3 is 1.62 bits per heavy atom. The second-order valence-corrected chi connectivity index (χ2v) is 7.85. The van der Waals surface area contributed by atoms with Crippen LogP contribution < -0.4 is 59.1 Å². The first-order valence-electron chi connectivity index (χ1n) is 6.55. The molecule has 0 aliphatic heterocycles. The standard InChI is InChI=1S/C11H24O6S2.2Na/c1-2-3-4-5-6-7-8-9-11(19(15,16)17)10-18(12,13)14;;/h11H,2-10H2,1H3,(H,12,13,14)(H,15,16,17);;/q;2*+1/p-2. The fraction of sp³-hybridized carbons (Fsp3) is 1.00. The molecule has 0 aromatic carbocycles. The van der Waals surface area contributed by atoms with E-state index in [1.165, 1.54) is 0 Å². The first-order valence-corrected chi connectivity index (χ1v) is 9.60. The molecule has 0 N–H and O–H groups in total. The van der Waals surface area contributed by atoms with Gasteiger partial charge in [-0.3, -0.25) is 0 Å². The summed E-state index contributed by atoms with van der Waals surface area (Å²) < 4.78 is 64.2. The molecule has 0 bridgehead atoms. The quantitative estimate of drug-likeness (QED) is 0.209. The van der Waals surface area contributed by atoms with Crippen LogP contribution in [0.4, 0.5) is 0 Å². The van der Waals surface area contributed by atoms with Crippen molar-refractivity contribution in [3.8, 4) is 0 Å². The van der Waals surface area contributed by atoms with Crippen molar-refractivity contribution in [3.63, 3.8) is 0 Å². The van der Waals surface area contributed by atoms with E-state index in [0.29, 0.717) is 6.42 Å². The molecular formula is C11H22Na2O6S2. The smallest absolute Gasteiger partial charge is 0.748 e. The number of hydrogen-bond donors (Lipinski definition) is 0. The summed E-state index contributed by atoms with van der Waals surface area (Å²) in [5, 5.41) is -1.61. The topological polar surface area (TPSA) is 114 Å². The van der Waals surface area contributed by atoms with Gasteiger partial charge in [0.05, 0.1) is 31.2 Å². The van der Waals surface area contributed by atoms with Crippen LogP contribution in [-0.4, -0.2) is 36.9 Å². The Hall–Kier alpha value is 1.82. The second-order valence-electron chi connectivity index (χ2n) is 4.75. The molecule has 0 aliphatic carbocycles. The number of rotatable bonds is 11. The van der Waals surface area contributed by atoms with Crippen molar-refractivity contribution < 1.29 is 85.1 Å². The van der Waals surface area contributed by atoms with Gasteiger partial charge in [-0.1, -0.05) is 51.9 Å². The van der Waals surface area contributed by atoms with Crippen LogP contribution in [0.3, 0.4) is 0 Å². The molecule has 10 heteroatoms. The van der Waals surface area contributed by atoms with E-state index < -0.39 is 31.2 Å². The van der Waals surface area contributed by atoms with Crippen molar-refractivity contribution in [2.45, 2.75) is 63.5 Å². The maximum Gasteiger partial charge on any atom is 1.00 e. The minimum absolute atomic E-state index is 0. The average molecular weight is 360 g/mol. The Bertz CT molecular complexity index is 436. The van der Waals surface area contributed by atoms with Gasteiger partial charge >= 0.3 is 59.1 Å². The van der Waals surface area contributed by atoms with Gasteiger partial charge in [-0.25, -0.2) is 16.8 Å². The van der Waals surface area contributed by atoms with Crippen LogP contribution in [0.5, 0.6) is 0 Å². The summed E-state index contributed by atoms with van der Waals surface area (Å²) in [5.41, 5.74) is 0. The maximum absolute atomic E-state index is 10.9. The summed E-state index contributed by atoms with van der Waals surface area (Å²) in [6.07, 6.45) is 6.53. The summed E-state index contributed by atoms with van der Waals surface area (Å²) in [6, 6.07) is 0. The van der Waals surface area contributed by atoms with Crippen molar-refractivity contribution >= 4 is 20.2 Å². The van der Waals surface area contributed by atoms with Crippen LogP contribution >= 0.6 is 0 Å². The fourth-order valence-electron chi connectivity index (χ4n) is 1.87. The van der Waals surface area contributed by atoms with Gasteiger partial charge in [0, 0.05) is 0 Å². The van der Waals surface area contributed by atoms with Gasteiger partial charge in [-0.05, 0) is 6.42 Å². The minimum atomic E-state index is -4.73. The summed E-state index contributed by atoms with van der Waals surface area (Å²) >= 11 is 0. The first kappa shape index (κ1) is 27.7. The Morgan fingerprint density at radius 2 is 1.24 bits per heavy atom.